The van der Waals surface area contributed by atoms with E-state index in [-0.39, 0.29) is 5.91 Å². The van der Waals surface area contributed by atoms with Crippen LogP contribution in [0.15, 0.2) is 48.5 Å². The summed E-state index contributed by atoms with van der Waals surface area (Å²) in [5.74, 6) is 0.683. The maximum absolute atomic E-state index is 12.3. The van der Waals surface area contributed by atoms with Crippen molar-refractivity contribution in [2.75, 3.05) is 24.8 Å². The summed E-state index contributed by atoms with van der Waals surface area (Å²) < 4.78 is 5.09. The van der Waals surface area contributed by atoms with Crippen LogP contribution < -0.4 is 15.4 Å². The molecule has 0 aliphatic rings. The van der Waals surface area contributed by atoms with Gasteiger partial charge in [0.2, 0.25) is 0 Å². The number of benzene rings is 2. The van der Waals surface area contributed by atoms with E-state index in [4.69, 9.17) is 10.5 Å². The van der Waals surface area contributed by atoms with Crippen LogP contribution in [-0.2, 0) is 0 Å². The van der Waals surface area contributed by atoms with Crippen molar-refractivity contribution in [1.82, 2.24) is 0 Å². The van der Waals surface area contributed by atoms with Crippen LogP contribution in [0.25, 0.3) is 0 Å². The molecular weight excluding hydrogens is 240 g/mol. The third-order valence-electron chi connectivity index (χ3n) is 2.92. The van der Waals surface area contributed by atoms with Gasteiger partial charge in [0.25, 0.3) is 5.91 Å². The summed E-state index contributed by atoms with van der Waals surface area (Å²) in [6, 6.07) is 14.2. The highest BCUT2D eigenvalue weighted by Gasteiger charge is 2.13. The zero-order valence-corrected chi connectivity index (χ0v) is 11.0. The van der Waals surface area contributed by atoms with E-state index < -0.39 is 0 Å². The van der Waals surface area contributed by atoms with Gasteiger partial charge in [-0.3, -0.25) is 4.79 Å². The molecule has 2 aromatic rings. The first-order chi connectivity index (χ1) is 9.11. The van der Waals surface area contributed by atoms with Gasteiger partial charge in [-0.05, 0) is 48.5 Å². The molecule has 2 rings (SSSR count). The second-order valence-electron chi connectivity index (χ2n) is 4.18. The van der Waals surface area contributed by atoms with Crippen LogP contribution >= 0.6 is 0 Å². The summed E-state index contributed by atoms with van der Waals surface area (Å²) in [4.78, 5) is 13.9. The minimum atomic E-state index is -0.0785. The van der Waals surface area contributed by atoms with Crippen LogP contribution in [-0.4, -0.2) is 20.1 Å². The highest BCUT2D eigenvalue weighted by atomic mass is 16.5. The van der Waals surface area contributed by atoms with E-state index in [1.165, 1.54) is 0 Å². The Balaban J connectivity index is 2.20. The fraction of sp³-hybridized carbons (Fsp3) is 0.133. The number of hydrogen-bond acceptors (Lipinski definition) is 3. The molecule has 2 N–H and O–H groups in total. The molecule has 0 fully saturated rings. The molecule has 1 amide bonds. The lowest BCUT2D eigenvalue weighted by Crippen LogP contribution is -2.26. The molecule has 0 unspecified atom stereocenters. The van der Waals surface area contributed by atoms with Gasteiger partial charge in [0.15, 0.2) is 0 Å². The van der Waals surface area contributed by atoms with Crippen LogP contribution in [0.3, 0.4) is 0 Å². The van der Waals surface area contributed by atoms with Crippen LogP contribution in [0.1, 0.15) is 10.4 Å². The molecule has 2 aromatic carbocycles. The molecule has 4 nitrogen and oxygen atoms in total. The third-order valence-corrected chi connectivity index (χ3v) is 2.92. The van der Waals surface area contributed by atoms with Gasteiger partial charge in [-0.2, -0.15) is 0 Å². The van der Waals surface area contributed by atoms with E-state index in [1.54, 1.807) is 43.3 Å². The third kappa shape index (κ3) is 2.85. The predicted molar refractivity (Wildman–Crippen MR) is 76.6 cm³/mol. The van der Waals surface area contributed by atoms with Crippen molar-refractivity contribution >= 4 is 17.3 Å². The maximum Gasteiger partial charge on any atom is 0.258 e. The van der Waals surface area contributed by atoms with Crippen molar-refractivity contribution in [2.24, 2.45) is 0 Å². The fourth-order valence-corrected chi connectivity index (χ4v) is 1.74. The van der Waals surface area contributed by atoms with Crippen molar-refractivity contribution in [3.8, 4) is 5.75 Å². The molecule has 0 aliphatic heterocycles. The van der Waals surface area contributed by atoms with Gasteiger partial charge in [0.05, 0.1) is 7.11 Å². The number of rotatable bonds is 3. The smallest absolute Gasteiger partial charge is 0.258 e. The summed E-state index contributed by atoms with van der Waals surface area (Å²) in [5, 5.41) is 0. The van der Waals surface area contributed by atoms with Crippen LogP contribution in [0.2, 0.25) is 0 Å². The Labute approximate surface area is 112 Å². The van der Waals surface area contributed by atoms with Crippen LogP contribution in [0.5, 0.6) is 5.75 Å². The highest BCUT2D eigenvalue weighted by Crippen LogP contribution is 2.20. The van der Waals surface area contributed by atoms with Gasteiger partial charge in [-0.15, -0.1) is 0 Å². The van der Waals surface area contributed by atoms with E-state index in [9.17, 15) is 4.79 Å². The number of carbonyl (C=O) groups is 1. The summed E-state index contributed by atoms with van der Waals surface area (Å²) in [6.07, 6.45) is 0. The number of nitrogens with two attached hydrogens (primary N) is 1. The van der Waals surface area contributed by atoms with Gasteiger partial charge in [-0.1, -0.05) is 0 Å². The Morgan fingerprint density at radius 2 is 1.63 bits per heavy atom. The lowest BCUT2D eigenvalue weighted by atomic mass is 10.1. The number of hydrogen-bond donors (Lipinski definition) is 1. The number of nitrogens with zero attached hydrogens (tertiary/aromatic N) is 1. The van der Waals surface area contributed by atoms with E-state index in [0.29, 0.717) is 11.3 Å². The highest BCUT2D eigenvalue weighted by molar-refractivity contribution is 6.05. The second-order valence-corrected chi connectivity index (χ2v) is 4.18. The monoisotopic (exact) mass is 256 g/mol. The molecular formula is C15H16N2O2. The molecule has 0 aromatic heterocycles. The van der Waals surface area contributed by atoms with Crippen molar-refractivity contribution in [1.29, 1.82) is 0 Å². The minimum Gasteiger partial charge on any atom is -0.497 e. The van der Waals surface area contributed by atoms with Gasteiger partial charge in [-0.25, -0.2) is 0 Å². The first kappa shape index (κ1) is 13.0. The van der Waals surface area contributed by atoms with Crippen molar-refractivity contribution in [3.63, 3.8) is 0 Å². The van der Waals surface area contributed by atoms with Crippen molar-refractivity contribution in [3.05, 3.63) is 54.1 Å². The molecule has 0 aliphatic carbocycles. The van der Waals surface area contributed by atoms with Gasteiger partial charge < -0.3 is 15.4 Å². The first-order valence-corrected chi connectivity index (χ1v) is 5.89. The maximum atomic E-state index is 12.3. The largest absolute Gasteiger partial charge is 0.497 e. The van der Waals surface area contributed by atoms with Crippen LogP contribution in [0.4, 0.5) is 11.4 Å². The topological polar surface area (TPSA) is 55.6 Å². The predicted octanol–water partition coefficient (Wildman–Crippen LogP) is 2.55. The van der Waals surface area contributed by atoms with Crippen molar-refractivity contribution < 1.29 is 9.53 Å². The van der Waals surface area contributed by atoms with Gasteiger partial charge in [0, 0.05) is 24.0 Å². The van der Waals surface area contributed by atoms with Crippen LogP contribution in [0, 0.1) is 0 Å². The SMILES string of the molecule is COc1ccc(N(C)C(=O)c2ccc(N)cc2)cc1. The Kier molecular flexibility index (Phi) is 3.71. The van der Waals surface area contributed by atoms with E-state index in [2.05, 4.69) is 0 Å². The average Bonchev–Trinajstić information content (AvgIpc) is 2.46. The quantitative estimate of drug-likeness (QED) is 0.859. The minimum absolute atomic E-state index is 0.0785. The van der Waals surface area contributed by atoms with Crippen molar-refractivity contribution in [2.45, 2.75) is 0 Å². The summed E-state index contributed by atoms with van der Waals surface area (Å²) in [7, 11) is 3.35. The summed E-state index contributed by atoms with van der Waals surface area (Å²) >= 11 is 0. The lowest BCUT2D eigenvalue weighted by Gasteiger charge is -2.17. The average molecular weight is 256 g/mol. The normalized spacial score (nSPS) is 10.0. The molecule has 0 saturated heterocycles. The fourth-order valence-electron chi connectivity index (χ4n) is 1.74. The zero-order valence-electron chi connectivity index (χ0n) is 11.0. The number of methoxy groups -OCH3 is 1. The molecule has 0 heterocycles. The molecule has 19 heavy (non-hydrogen) atoms. The van der Waals surface area contributed by atoms with E-state index >= 15 is 0 Å². The molecule has 0 atom stereocenters. The van der Waals surface area contributed by atoms with Gasteiger partial charge >= 0.3 is 0 Å². The summed E-state index contributed by atoms with van der Waals surface area (Å²) in [6.45, 7) is 0. The zero-order chi connectivity index (χ0) is 13.8. The number of nitrogen functional groups attached to an aromatic ring is 1. The molecule has 0 saturated carbocycles. The number of ether oxygens (including phenoxy) is 1. The standard InChI is InChI=1S/C15H16N2O2/c1-17(13-7-9-14(19-2)10-8-13)15(18)11-3-5-12(16)6-4-11/h3-10H,16H2,1-2H3. The number of carbonyl (C=O) groups excluding carboxylic acids is 1. The van der Waals surface area contributed by atoms with E-state index in [0.717, 1.165) is 11.4 Å². The van der Waals surface area contributed by atoms with E-state index in [1.807, 2.05) is 24.3 Å². The Morgan fingerprint density at radius 3 is 2.16 bits per heavy atom. The second kappa shape index (κ2) is 5.44. The lowest BCUT2D eigenvalue weighted by molar-refractivity contribution is 0.0993. The number of anilines is 2. The molecule has 98 valence electrons. The Hall–Kier alpha value is -2.49. The molecule has 4 heteroatoms. The molecule has 0 spiro atoms. The number of amides is 1. The molecule has 0 bridgehead atoms. The first-order valence-electron chi connectivity index (χ1n) is 5.89. The summed E-state index contributed by atoms with van der Waals surface area (Å²) in [5.41, 5.74) is 7.66. The van der Waals surface area contributed by atoms with Gasteiger partial charge in [0.1, 0.15) is 5.75 Å². The Bertz CT molecular complexity index is 562. The Morgan fingerprint density at radius 1 is 1.05 bits per heavy atom. The molecule has 0 radical (unpaired) electrons.